The standard InChI is InChI=1S/C26H28Cl2N2O6/c1-25(2)16(22(32)33)11-12-26(25,3)24(36)30-19(23(34)35)13-14-7-9-15(10-8-14)29-21(31)20-17(27)5-4-6-18(20)28/h4-10,16,19H,11-13H2,1-3H3,(H,29,31)(H,30,36)(H,32,33)(H,34,35)/t16-,19?,26+/m1/s1. The van der Waals surface area contributed by atoms with E-state index in [-0.39, 0.29) is 22.0 Å². The van der Waals surface area contributed by atoms with Gasteiger partial charge in [-0.25, -0.2) is 4.79 Å². The van der Waals surface area contributed by atoms with Crippen molar-refractivity contribution in [3.8, 4) is 0 Å². The fraction of sp³-hybridized carbons (Fsp3) is 0.385. The predicted molar refractivity (Wildman–Crippen MR) is 136 cm³/mol. The fourth-order valence-electron chi connectivity index (χ4n) is 4.72. The van der Waals surface area contributed by atoms with Gasteiger partial charge < -0.3 is 20.8 Å². The Balaban J connectivity index is 1.70. The van der Waals surface area contributed by atoms with E-state index in [1.54, 1.807) is 63.2 Å². The molecule has 0 aliphatic heterocycles. The number of halogens is 2. The second-order valence-electron chi connectivity index (χ2n) is 9.80. The summed E-state index contributed by atoms with van der Waals surface area (Å²) in [6.07, 6.45) is 0.695. The second-order valence-corrected chi connectivity index (χ2v) is 10.6. The van der Waals surface area contributed by atoms with Crippen LogP contribution in [0.1, 0.15) is 49.5 Å². The highest BCUT2D eigenvalue weighted by Gasteiger charge is 2.58. The SMILES string of the molecule is CC1(C)[C@@H](C(=O)O)CC[C@@]1(C)C(=O)NC(Cc1ccc(NC(=O)c2c(Cl)cccc2Cl)cc1)C(=O)O. The first-order valence-electron chi connectivity index (χ1n) is 11.4. The van der Waals surface area contributed by atoms with E-state index in [4.69, 9.17) is 23.2 Å². The average molecular weight is 535 g/mol. The van der Waals surface area contributed by atoms with Crippen molar-refractivity contribution < 1.29 is 29.4 Å². The van der Waals surface area contributed by atoms with Crippen LogP contribution in [0.3, 0.4) is 0 Å². The molecule has 1 saturated carbocycles. The van der Waals surface area contributed by atoms with Crippen molar-refractivity contribution in [2.45, 2.75) is 46.1 Å². The second kappa shape index (κ2) is 10.5. The molecular formula is C26H28Cl2N2O6. The van der Waals surface area contributed by atoms with Gasteiger partial charge in [-0.15, -0.1) is 0 Å². The Kier molecular flexibility index (Phi) is 8.00. The van der Waals surface area contributed by atoms with E-state index >= 15 is 0 Å². The molecule has 0 aromatic heterocycles. The predicted octanol–water partition coefficient (Wildman–Crippen LogP) is 4.88. The first-order chi connectivity index (χ1) is 16.8. The Bertz CT molecular complexity index is 1180. The summed E-state index contributed by atoms with van der Waals surface area (Å²) in [7, 11) is 0. The highest BCUT2D eigenvalue weighted by molar-refractivity contribution is 6.40. The molecular weight excluding hydrogens is 507 g/mol. The van der Waals surface area contributed by atoms with Crippen molar-refractivity contribution >= 4 is 52.6 Å². The van der Waals surface area contributed by atoms with Gasteiger partial charge in [0.2, 0.25) is 5.91 Å². The molecule has 0 spiro atoms. The number of amides is 2. The van der Waals surface area contributed by atoms with Crippen molar-refractivity contribution in [2.75, 3.05) is 5.32 Å². The van der Waals surface area contributed by atoms with Crippen LogP contribution in [0.15, 0.2) is 42.5 Å². The number of hydrogen-bond acceptors (Lipinski definition) is 4. The highest BCUT2D eigenvalue weighted by atomic mass is 35.5. The summed E-state index contributed by atoms with van der Waals surface area (Å²) >= 11 is 12.2. The summed E-state index contributed by atoms with van der Waals surface area (Å²) in [4.78, 5) is 49.3. The minimum Gasteiger partial charge on any atom is -0.481 e. The molecule has 10 heteroatoms. The summed E-state index contributed by atoms with van der Waals surface area (Å²) in [5.41, 5.74) is -0.660. The number of carboxylic acid groups (broad SMARTS) is 2. The molecule has 1 aliphatic carbocycles. The lowest BCUT2D eigenvalue weighted by Crippen LogP contribution is -2.53. The Morgan fingerprint density at radius 3 is 2.08 bits per heavy atom. The number of benzene rings is 2. The molecule has 2 amide bonds. The number of carboxylic acids is 2. The van der Waals surface area contributed by atoms with Crippen LogP contribution in [0.25, 0.3) is 0 Å². The molecule has 192 valence electrons. The van der Waals surface area contributed by atoms with Crippen molar-refractivity contribution in [3.63, 3.8) is 0 Å². The van der Waals surface area contributed by atoms with Gasteiger partial charge in [0, 0.05) is 12.1 Å². The van der Waals surface area contributed by atoms with E-state index in [0.29, 0.717) is 24.1 Å². The van der Waals surface area contributed by atoms with Gasteiger partial charge in [-0.1, -0.05) is 62.2 Å². The molecule has 2 aromatic carbocycles. The van der Waals surface area contributed by atoms with E-state index in [9.17, 15) is 29.4 Å². The molecule has 0 bridgehead atoms. The zero-order valence-corrected chi connectivity index (χ0v) is 21.6. The number of hydrogen-bond donors (Lipinski definition) is 4. The summed E-state index contributed by atoms with van der Waals surface area (Å²) < 4.78 is 0. The molecule has 0 saturated heterocycles. The quantitative estimate of drug-likeness (QED) is 0.381. The first-order valence-corrected chi connectivity index (χ1v) is 12.1. The molecule has 8 nitrogen and oxygen atoms in total. The Morgan fingerprint density at radius 1 is 1.00 bits per heavy atom. The van der Waals surface area contributed by atoms with Gasteiger partial charge in [-0.2, -0.15) is 0 Å². The monoisotopic (exact) mass is 534 g/mol. The van der Waals surface area contributed by atoms with E-state index in [2.05, 4.69) is 10.6 Å². The van der Waals surface area contributed by atoms with Gasteiger partial charge in [0.05, 0.1) is 26.9 Å². The molecule has 1 unspecified atom stereocenters. The van der Waals surface area contributed by atoms with Crippen LogP contribution in [-0.4, -0.2) is 40.0 Å². The smallest absolute Gasteiger partial charge is 0.326 e. The van der Waals surface area contributed by atoms with Gasteiger partial charge in [0.1, 0.15) is 6.04 Å². The lowest BCUT2D eigenvalue weighted by atomic mass is 9.65. The number of aliphatic carboxylic acids is 2. The zero-order valence-electron chi connectivity index (χ0n) is 20.1. The maximum Gasteiger partial charge on any atom is 0.326 e. The average Bonchev–Trinajstić information content (AvgIpc) is 3.04. The number of rotatable bonds is 8. The summed E-state index contributed by atoms with van der Waals surface area (Å²) in [6.45, 7) is 5.15. The number of carbonyl (C=O) groups excluding carboxylic acids is 2. The topological polar surface area (TPSA) is 133 Å². The maximum atomic E-state index is 13.2. The van der Waals surface area contributed by atoms with Crippen LogP contribution >= 0.6 is 23.2 Å². The molecule has 36 heavy (non-hydrogen) atoms. The van der Waals surface area contributed by atoms with Gasteiger partial charge in [-0.05, 0) is 48.1 Å². The van der Waals surface area contributed by atoms with Crippen molar-refractivity contribution in [1.29, 1.82) is 0 Å². The third-order valence-electron chi connectivity index (χ3n) is 7.47. The van der Waals surface area contributed by atoms with Crippen molar-refractivity contribution in [3.05, 3.63) is 63.6 Å². The van der Waals surface area contributed by atoms with Gasteiger partial charge in [-0.3, -0.25) is 14.4 Å². The van der Waals surface area contributed by atoms with E-state index < -0.39 is 46.5 Å². The van der Waals surface area contributed by atoms with Crippen LogP contribution in [0.4, 0.5) is 5.69 Å². The molecule has 3 rings (SSSR count). The third kappa shape index (κ3) is 5.34. The minimum absolute atomic E-state index is 0.00447. The first kappa shape index (κ1) is 27.5. The highest BCUT2D eigenvalue weighted by Crippen LogP contribution is 2.56. The maximum absolute atomic E-state index is 13.2. The summed E-state index contributed by atoms with van der Waals surface area (Å²) in [5.74, 6) is -3.83. The number of nitrogens with one attached hydrogen (secondary N) is 2. The molecule has 1 fully saturated rings. The molecule has 4 N–H and O–H groups in total. The van der Waals surface area contributed by atoms with E-state index in [0.717, 1.165) is 0 Å². The number of anilines is 1. The Labute approximate surface area is 219 Å². The lowest BCUT2D eigenvalue weighted by Gasteiger charge is -2.39. The number of carbonyl (C=O) groups is 4. The fourth-order valence-corrected chi connectivity index (χ4v) is 5.29. The van der Waals surface area contributed by atoms with Crippen LogP contribution in [0, 0.1) is 16.7 Å². The van der Waals surface area contributed by atoms with Crippen LogP contribution < -0.4 is 10.6 Å². The molecule has 3 atom stereocenters. The molecule has 2 aromatic rings. The van der Waals surface area contributed by atoms with Crippen LogP contribution in [-0.2, 0) is 20.8 Å². The Hall–Kier alpha value is -3.10. The lowest BCUT2D eigenvalue weighted by molar-refractivity contribution is -0.151. The summed E-state index contributed by atoms with van der Waals surface area (Å²) in [5, 5.41) is 25.0. The van der Waals surface area contributed by atoms with Crippen molar-refractivity contribution in [1.82, 2.24) is 5.32 Å². The van der Waals surface area contributed by atoms with Crippen LogP contribution in [0.2, 0.25) is 10.0 Å². The largest absolute Gasteiger partial charge is 0.481 e. The van der Waals surface area contributed by atoms with Crippen molar-refractivity contribution in [2.24, 2.45) is 16.7 Å². The molecule has 0 radical (unpaired) electrons. The normalized spacial score (nSPS) is 21.4. The third-order valence-corrected chi connectivity index (χ3v) is 8.10. The van der Waals surface area contributed by atoms with Gasteiger partial charge in [0.15, 0.2) is 0 Å². The molecule has 0 heterocycles. The van der Waals surface area contributed by atoms with E-state index in [1.165, 1.54) is 0 Å². The van der Waals surface area contributed by atoms with Gasteiger partial charge >= 0.3 is 11.9 Å². The van der Waals surface area contributed by atoms with Crippen LogP contribution in [0.5, 0.6) is 0 Å². The minimum atomic E-state index is -1.21. The van der Waals surface area contributed by atoms with E-state index in [1.807, 2.05) is 0 Å². The van der Waals surface area contributed by atoms with Gasteiger partial charge in [0.25, 0.3) is 5.91 Å². The zero-order chi connectivity index (χ0) is 26.8. The molecule has 1 aliphatic rings. The Morgan fingerprint density at radius 2 is 1.58 bits per heavy atom. The summed E-state index contributed by atoms with van der Waals surface area (Å²) in [6, 6.07) is 10.0.